The van der Waals surface area contributed by atoms with E-state index >= 15 is 0 Å². The molecule has 1 aromatic carbocycles. The Hall–Kier alpha value is -1.33. The summed E-state index contributed by atoms with van der Waals surface area (Å²) in [6, 6.07) is 12.5. The van der Waals surface area contributed by atoms with Crippen molar-refractivity contribution >= 4 is 0 Å². The van der Waals surface area contributed by atoms with Crippen molar-refractivity contribution in [2.24, 2.45) is 5.73 Å². The molecule has 0 spiro atoms. The van der Waals surface area contributed by atoms with Gasteiger partial charge in [-0.25, -0.2) is 0 Å². The van der Waals surface area contributed by atoms with Crippen molar-refractivity contribution in [2.75, 3.05) is 0 Å². The van der Waals surface area contributed by atoms with Gasteiger partial charge in [0.25, 0.3) is 0 Å². The molecule has 0 amide bonds. The first-order valence-corrected chi connectivity index (χ1v) is 5.51. The summed E-state index contributed by atoms with van der Waals surface area (Å²) in [6.45, 7) is 0. The van der Waals surface area contributed by atoms with E-state index in [-0.39, 0.29) is 5.92 Å². The molecule has 0 unspecified atom stereocenters. The van der Waals surface area contributed by atoms with Gasteiger partial charge in [-0.05, 0) is 18.4 Å². The maximum absolute atomic E-state index is 9.21. The molecule has 0 aromatic heterocycles. The molecule has 1 fully saturated rings. The normalized spacial score (nSPS) is 30.8. The highest BCUT2D eigenvalue weighted by Gasteiger charge is 2.38. The highest BCUT2D eigenvalue weighted by Crippen LogP contribution is 2.38. The lowest BCUT2D eigenvalue weighted by atomic mass is 9.71. The SMILES string of the molecule is N#C[C@@]1(N)CCCC[C@H]1c1ccccc1. The zero-order chi connectivity index (χ0) is 10.7. The Kier molecular flexibility index (Phi) is 2.75. The third-order valence-corrected chi connectivity index (χ3v) is 3.37. The van der Waals surface area contributed by atoms with Gasteiger partial charge >= 0.3 is 0 Å². The second-order valence-electron chi connectivity index (χ2n) is 4.36. The quantitative estimate of drug-likeness (QED) is 0.757. The maximum Gasteiger partial charge on any atom is 0.111 e. The second-order valence-corrected chi connectivity index (χ2v) is 4.36. The summed E-state index contributed by atoms with van der Waals surface area (Å²) < 4.78 is 0. The van der Waals surface area contributed by atoms with Crippen LogP contribution in [-0.4, -0.2) is 5.54 Å². The monoisotopic (exact) mass is 200 g/mol. The molecule has 1 aromatic rings. The molecule has 2 atom stereocenters. The minimum Gasteiger partial charge on any atom is -0.313 e. The predicted molar refractivity (Wildman–Crippen MR) is 60.2 cm³/mol. The van der Waals surface area contributed by atoms with Crippen molar-refractivity contribution in [1.82, 2.24) is 0 Å². The maximum atomic E-state index is 9.21. The predicted octanol–water partition coefficient (Wildman–Crippen LogP) is 2.57. The number of nitrogens with zero attached hydrogens (tertiary/aromatic N) is 1. The lowest BCUT2D eigenvalue weighted by Crippen LogP contribution is -2.46. The summed E-state index contributed by atoms with van der Waals surface area (Å²) >= 11 is 0. The average molecular weight is 200 g/mol. The van der Waals surface area contributed by atoms with E-state index in [1.54, 1.807) is 0 Å². The van der Waals surface area contributed by atoms with Crippen LogP contribution in [-0.2, 0) is 0 Å². The molecule has 15 heavy (non-hydrogen) atoms. The van der Waals surface area contributed by atoms with Crippen LogP contribution in [0, 0.1) is 11.3 Å². The molecule has 2 heteroatoms. The summed E-state index contributed by atoms with van der Waals surface area (Å²) in [6.07, 6.45) is 4.12. The first-order valence-electron chi connectivity index (χ1n) is 5.51. The van der Waals surface area contributed by atoms with Gasteiger partial charge < -0.3 is 5.73 Å². The van der Waals surface area contributed by atoms with Crippen LogP contribution in [0.25, 0.3) is 0 Å². The molecule has 0 saturated heterocycles. The fourth-order valence-electron chi connectivity index (χ4n) is 2.48. The van der Waals surface area contributed by atoms with E-state index in [0.717, 1.165) is 19.3 Å². The van der Waals surface area contributed by atoms with Crippen LogP contribution in [0.1, 0.15) is 37.2 Å². The molecular weight excluding hydrogens is 184 g/mol. The molecule has 0 radical (unpaired) electrons. The van der Waals surface area contributed by atoms with Crippen molar-refractivity contribution < 1.29 is 0 Å². The summed E-state index contributed by atoms with van der Waals surface area (Å²) in [7, 11) is 0. The van der Waals surface area contributed by atoms with Gasteiger partial charge in [-0.3, -0.25) is 0 Å². The topological polar surface area (TPSA) is 49.8 Å². The zero-order valence-corrected chi connectivity index (χ0v) is 8.82. The minimum atomic E-state index is -0.653. The average Bonchev–Trinajstić information content (AvgIpc) is 2.31. The molecular formula is C13H16N2. The van der Waals surface area contributed by atoms with Gasteiger partial charge in [0.15, 0.2) is 0 Å². The van der Waals surface area contributed by atoms with Crippen molar-refractivity contribution in [3.8, 4) is 6.07 Å². The van der Waals surface area contributed by atoms with E-state index in [4.69, 9.17) is 5.73 Å². The van der Waals surface area contributed by atoms with Crippen LogP contribution < -0.4 is 5.73 Å². The summed E-state index contributed by atoms with van der Waals surface area (Å²) in [5.74, 6) is 0.206. The van der Waals surface area contributed by atoms with Crippen LogP contribution in [0.3, 0.4) is 0 Å². The van der Waals surface area contributed by atoms with Gasteiger partial charge in [-0.1, -0.05) is 43.2 Å². The number of nitriles is 1. The van der Waals surface area contributed by atoms with Gasteiger partial charge in [-0.15, -0.1) is 0 Å². The summed E-state index contributed by atoms with van der Waals surface area (Å²) in [5, 5.41) is 9.21. The van der Waals surface area contributed by atoms with Crippen LogP contribution >= 0.6 is 0 Å². The van der Waals surface area contributed by atoms with Gasteiger partial charge in [0.2, 0.25) is 0 Å². The second kappa shape index (κ2) is 4.04. The van der Waals surface area contributed by atoms with E-state index in [2.05, 4.69) is 18.2 Å². The molecule has 0 aliphatic heterocycles. The Labute approximate surface area is 90.7 Å². The van der Waals surface area contributed by atoms with E-state index in [1.807, 2.05) is 18.2 Å². The minimum absolute atomic E-state index is 0.206. The van der Waals surface area contributed by atoms with Gasteiger partial charge in [0.05, 0.1) is 6.07 Å². The first-order chi connectivity index (χ1) is 7.26. The summed E-state index contributed by atoms with van der Waals surface area (Å²) in [5.41, 5.74) is 6.73. The van der Waals surface area contributed by atoms with Gasteiger partial charge in [0.1, 0.15) is 5.54 Å². The van der Waals surface area contributed by atoms with Gasteiger partial charge in [-0.2, -0.15) is 5.26 Å². The van der Waals surface area contributed by atoms with Crippen molar-refractivity contribution in [3.05, 3.63) is 35.9 Å². The third-order valence-electron chi connectivity index (χ3n) is 3.37. The number of hydrogen-bond acceptors (Lipinski definition) is 2. The zero-order valence-electron chi connectivity index (χ0n) is 8.82. The fourth-order valence-corrected chi connectivity index (χ4v) is 2.48. The smallest absolute Gasteiger partial charge is 0.111 e. The molecule has 0 heterocycles. The Balaban J connectivity index is 2.31. The number of hydrogen-bond donors (Lipinski definition) is 1. The molecule has 1 aliphatic carbocycles. The molecule has 78 valence electrons. The van der Waals surface area contributed by atoms with Crippen molar-refractivity contribution in [3.63, 3.8) is 0 Å². The highest BCUT2D eigenvalue weighted by molar-refractivity contribution is 5.29. The van der Waals surface area contributed by atoms with Crippen LogP contribution in [0.4, 0.5) is 0 Å². The van der Waals surface area contributed by atoms with Crippen LogP contribution in [0.5, 0.6) is 0 Å². The molecule has 2 N–H and O–H groups in total. The van der Waals surface area contributed by atoms with E-state index in [1.165, 1.54) is 12.0 Å². The number of nitrogens with two attached hydrogens (primary N) is 1. The Bertz CT molecular complexity index is 366. The summed E-state index contributed by atoms with van der Waals surface area (Å²) in [4.78, 5) is 0. The largest absolute Gasteiger partial charge is 0.313 e. The van der Waals surface area contributed by atoms with Crippen LogP contribution in [0.15, 0.2) is 30.3 Å². The molecule has 2 nitrogen and oxygen atoms in total. The Morgan fingerprint density at radius 1 is 1.27 bits per heavy atom. The van der Waals surface area contributed by atoms with Crippen molar-refractivity contribution in [2.45, 2.75) is 37.1 Å². The lowest BCUT2D eigenvalue weighted by molar-refractivity contribution is 0.315. The lowest BCUT2D eigenvalue weighted by Gasteiger charge is -2.36. The third kappa shape index (κ3) is 1.88. The molecule has 2 rings (SSSR count). The fraction of sp³-hybridized carbons (Fsp3) is 0.462. The van der Waals surface area contributed by atoms with E-state index in [0.29, 0.717) is 0 Å². The van der Waals surface area contributed by atoms with E-state index < -0.39 is 5.54 Å². The first kappa shape index (κ1) is 10.2. The number of rotatable bonds is 1. The van der Waals surface area contributed by atoms with Crippen LogP contribution in [0.2, 0.25) is 0 Å². The number of benzene rings is 1. The standard InChI is InChI=1S/C13H16N2/c14-10-13(15)9-5-4-8-12(13)11-6-2-1-3-7-11/h1-3,6-7,12H,4-5,8-9,15H2/t12-,13-/m0/s1. The van der Waals surface area contributed by atoms with E-state index in [9.17, 15) is 5.26 Å². The van der Waals surface area contributed by atoms with Crippen molar-refractivity contribution in [1.29, 1.82) is 5.26 Å². The molecule has 1 aliphatic rings. The Morgan fingerprint density at radius 2 is 2.00 bits per heavy atom. The van der Waals surface area contributed by atoms with Gasteiger partial charge in [0, 0.05) is 5.92 Å². The Morgan fingerprint density at radius 3 is 2.67 bits per heavy atom. The highest BCUT2D eigenvalue weighted by atomic mass is 14.8. The molecule has 0 bridgehead atoms. The molecule has 1 saturated carbocycles.